The third-order valence-electron chi connectivity index (χ3n) is 6.94. The molecule has 0 aliphatic carbocycles. The number of hydrogen-bond acceptors (Lipinski definition) is 5. The van der Waals surface area contributed by atoms with Crippen LogP contribution in [0.3, 0.4) is 0 Å². The van der Waals surface area contributed by atoms with Gasteiger partial charge in [-0.3, -0.25) is 4.79 Å². The summed E-state index contributed by atoms with van der Waals surface area (Å²) >= 11 is 0. The number of Topliss-reactive ketones (excluding diaryl/α,β-unsaturated/α-hetero) is 1. The highest BCUT2D eigenvalue weighted by molar-refractivity contribution is 7.01. The van der Waals surface area contributed by atoms with Crippen molar-refractivity contribution in [3.63, 3.8) is 0 Å². The maximum atomic E-state index is 13.7. The number of carbonyl (C=O) groups is 2. The molecule has 1 fully saturated rings. The first-order chi connectivity index (χ1) is 15.8. The van der Waals surface area contributed by atoms with Crippen LogP contribution >= 0.6 is 0 Å². The molecule has 5 nitrogen and oxygen atoms in total. The van der Waals surface area contributed by atoms with Crippen LogP contribution in [0, 0.1) is 0 Å². The van der Waals surface area contributed by atoms with Crippen LogP contribution in [0.25, 0.3) is 5.47 Å². The molecule has 0 atom stereocenters. The van der Waals surface area contributed by atoms with Crippen molar-refractivity contribution in [3.05, 3.63) is 70.9 Å². The summed E-state index contributed by atoms with van der Waals surface area (Å²) in [6, 6.07) is 17.4. The monoisotopic (exact) mass is 478 g/mol. The summed E-state index contributed by atoms with van der Waals surface area (Å²) in [6.07, 6.45) is 0. The minimum atomic E-state index is -2.60. The lowest BCUT2D eigenvalue weighted by Gasteiger charge is -2.32. The van der Waals surface area contributed by atoms with Gasteiger partial charge in [-0.15, -0.1) is 0 Å². The van der Waals surface area contributed by atoms with Gasteiger partial charge in [-0.2, -0.15) is 0 Å². The Morgan fingerprint density at radius 2 is 1.47 bits per heavy atom. The van der Waals surface area contributed by atoms with Crippen molar-refractivity contribution < 1.29 is 23.6 Å². The highest BCUT2D eigenvalue weighted by Crippen LogP contribution is 2.42. The van der Waals surface area contributed by atoms with Crippen molar-refractivity contribution >= 4 is 37.6 Å². The molecule has 1 aliphatic rings. The summed E-state index contributed by atoms with van der Waals surface area (Å²) in [6.45, 7) is 15.8. The van der Waals surface area contributed by atoms with Crippen LogP contribution in [-0.4, -0.2) is 44.8 Å². The minimum absolute atomic E-state index is 0.0487. The van der Waals surface area contributed by atoms with Crippen molar-refractivity contribution in [2.75, 3.05) is 6.61 Å². The number of esters is 1. The quantitative estimate of drug-likeness (QED) is 0.243. The largest absolute Gasteiger partial charge is 0.495 e. The van der Waals surface area contributed by atoms with E-state index in [4.69, 9.17) is 14.0 Å². The second-order valence-corrected chi connectivity index (χ2v) is 14.6. The Hall–Kier alpha value is -2.48. The van der Waals surface area contributed by atoms with Crippen LogP contribution in [0.2, 0.25) is 13.1 Å². The van der Waals surface area contributed by atoms with Crippen LogP contribution in [-0.2, 0) is 18.8 Å². The van der Waals surface area contributed by atoms with Gasteiger partial charge in [0.25, 0.3) is 0 Å². The second kappa shape index (κ2) is 9.64. The molecular formula is C27H35BO5Si. The lowest BCUT2D eigenvalue weighted by atomic mass is 9.73. The van der Waals surface area contributed by atoms with E-state index in [2.05, 4.69) is 25.2 Å². The molecule has 0 amide bonds. The average molecular weight is 478 g/mol. The van der Waals surface area contributed by atoms with Gasteiger partial charge in [0.05, 0.1) is 17.8 Å². The summed E-state index contributed by atoms with van der Waals surface area (Å²) in [7, 11) is -3.39. The van der Waals surface area contributed by atoms with E-state index in [0.717, 1.165) is 10.8 Å². The first-order valence-corrected chi connectivity index (χ1v) is 14.8. The molecule has 2 aromatic carbocycles. The van der Waals surface area contributed by atoms with E-state index in [9.17, 15) is 9.59 Å². The lowest BCUT2D eigenvalue weighted by Crippen LogP contribution is -2.48. The van der Waals surface area contributed by atoms with Crippen LogP contribution in [0.5, 0.6) is 0 Å². The molecular weight excluding hydrogens is 443 g/mol. The van der Waals surface area contributed by atoms with E-state index >= 15 is 0 Å². The first kappa shape index (κ1) is 26.1. The Kier molecular flexibility index (Phi) is 7.41. The van der Waals surface area contributed by atoms with Gasteiger partial charge in [-0.05, 0) is 58.6 Å². The summed E-state index contributed by atoms with van der Waals surface area (Å²) < 4.78 is 18.6. The predicted octanol–water partition coefficient (Wildman–Crippen LogP) is 4.99. The molecule has 1 aliphatic heterocycles. The molecule has 34 heavy (non-hydrogen) atoms. The third-order valence-corrected chi connectivity index (χ3v) is 10.4. The van der Waals surface area contributed by atoms with Crippen LogP contribution < -0.4 is 5.19 Å². The van der Waals surface area contributed by atoms with Crippen molar-refractivity contribution in [2.45, 2.75) is 65.8 Å². The van der Waals surface area contributed by atoms with Crippen molar-refractivity contribution in [3.8, 4) is 0 Å². The van der Waals surface area contributed by atoms with Gasteiger partial charge in [0.2, 0.25) is 0 Å². The highest BCUT2D eigenvalue weighted by atomic mass is 28.3. The fraction of sp³-hybridized carbons (Fsp3) is 0.407. The smallest absolute Gasteiger partial charge is 0.463 e. The molecule has 2 aromatic rings. The van der Waals surface area contributed by atoms with E-state index in [1.165, 1.54) is 6.92 Å². The van der Waals surface area contributed by atoms with Crippen LogP contribution in [0.1, 0.15) is 57.5 Å². The van der Waals surface area contributed by atoms with Gasteiger partial charge in [-0.1, -0.05) is 66.8 Å². The van der Waals surface area contributed by atoms with Crippen molar-refractivity contribution in [2.24, 2.45) is 0 Å². The average Bonchev–Trinajstić information content (AvgIpc) is 2.99. The molecule has 0 aromatic heterocycles. The van der Waals surface area contributed by atoms with Gasteiger partial charge >= 0.3 is 13.1 Å². The Balaban J connectivity index is 2.37. The summed E-state index contributed by atoms with van der Waals surface area (Å²) in [5.41, 5.74) is 0.735. The van der Waals surface area contributed by atoms with E-state index in [-0.39, 0.29) is 18.4 Å². The van der Waals surface area contributed by atoms with Crippen LogP contribution in [0.4, 0.5) is 0 Å². The molecule has 1 saturated heterocycles. The topological polar surface area (TPSA) is 61.8 Å². The molecule has 0 unspecified atom stereocenters. The van der Waals surface area contributed by atoms with E-state index < -0.39 is 26.4 Å². The SMILES string of the molecule is CCOC(=O)/C(=C(\B1OC(C)(C)C(C)(C)O1)c1cccc(C(C)=O)c1)[Si](C)(C)c1ccccc1. The molecule has 0 N–H and O–H groups in total. The molecule has 0 spiro atoms. The summed E-state index contributed by atoms with van der Waals surface area (Å²) in [5, 5.41) is 1.68. The van der Waals surface area contributed by atoms with Gasteiger partial charge in [0.15, 0.2) is 5.78 Å². The normalized spacial score (nSPS) is 17.8. The fourth-order valence-electron chi connectivity index (χ4n) is 4.17. The zero-order valence-electron chi connectivity index (χ0n) is 21.5. The van der Waals surface area contributed by atoms with Crippen molar-refractivity contribution in [1.82, 2.24) is 0 Å². The minimum Gasteiger partial charge on any atom is -0.463 e. The standard InChI is InChI=1S/C27H35BO5Si/c1-9-31-25(30)24(34(7,8)22-16-11-10-12-17-22)23(21-15-13-14-20(18-21)19(2)29)28-32-26(3,4)27(5,6)33-28/h10-18H,9H2,1-8H3/b24-23+. The Bertz CT molecular complexity index is 1090. The van der Waals surface area contributed by atoms with E-state index in [1.54, 1.807) is 13.0 Å². The van der Waals surface area contributed by atoms with Gasteiger partial charge in [0, 0.05) is 10.8 Å². The van der Waals surface area contributed by atoms with Gasteiger partial charge in [0.1, 0.15) is 8.07 Å². The number of ether oxygens (including phenoxy) is 1. The Labute approximate surface area is 204 Å². The van der Waals surface area contributed by atoms with Crippen molar-refractivity contribution in [1.29, 1.82) is 0 Å². The fourth-order valence-corrected chi connectivity index (χ4v) is 7.00. The number of carbonyl (C=O) groups excluding carboxylic acids is 2. The highest BCUT2D eigenvalue weighted by Gasteiger charge is 2.54. The molecule has 0 bridgehead atoms. The molecule has 1 heterocycles. The Morgan fingerprint density at radius 1 is 0.912 bits per heavy atom. The zero-order chi connectivity index (χ0) is 25.3. The molecule has 7 heteroatoms. The van der Waals surface area contributed by atoms with Crippen LogP contribution in [0.15, 0.2) is 59.8 Å². The van der Waals surface area contributed by atoms with E-state index in [1.807, 2.05) is 64.1 Å². The third kappa shape index (κ3) is 4.97. The number of ketones is 1. The molecule has 180 valence electrons. The lowest BCUT2D eigenvalue weighted by molar-refractivity contribution is -0.137. The maximum Gasteiger partial charge on any atom is 0.495 e. The summed E-state index contributed by atoms with van der Waals surface area (Å²) in [4.78, 5) is 25.9. The van der Waals surface area contributed by atoms with Gasteiger partial charge in [-0.25, -0.2) is 4.79 Å². The second-order valence-electron chi connectivity index (χ2n) is 10.2. The first-order valence-electron chi connectivity index (χ1n) is 11.8. The summed E-state index contributed by atoms with van der Waals surface area (Å²) in [5.74, 6) is -0.423. The molecule has 0 saturated carbocycles. The molecule has 3 rings (SSSR count). The number of benzene rings is 2. The van der Waals surface area contributed by atoms with E-state index in [0.29, 0.717) is 16.2 Å². The Morgan fingerprint density at radius 3 is 2.00 bits per heavy atom. The predicted molar refractivity (Wildman–Crippen MR) is 140 cm³/mol. The number of hydrogen-bond donors (Lipinski definition) is 0. The zero-order valence-corrected chi connectivity index (χ0v) is 22.5. The van der Waals surface area contributed by atoms with Gasteiger partial charge < -0.3 is 14.0 Å². The maximum absolute atomic E-state index is 13.7. The number of rotatable bonds is 7. The molecule has 0 radical (unpaired) electrons.